The van der Waals surface area contributed by atoms with E-state index in [1.54, 1.807) is 12.1 Å². The van der Waals surface area contributed by atoms with Gasteiger partial charge in [0.05, 0.1) is 11.0 Å². The van der Waals surface area contributed by atoms with Crippen molar-refractivity contribution >= 4 is 21.6 Å². The molecule has 1 aliphatic heterocycles. The smallest absolute Gasteiger partial charge is 0.281 e. The van der Waals surface area contributed by atoms with Crippen LogP contribution in [0.15, 0.2) is 24.3 Å². The van der Waals surface area contributed by atoms with Gasteiger partial charge in [0.2, 0.25) is 0 Å². The number of hydrogen-bond donors (Lipinski definition) is 0. The van der Waals surface area contributed by atoms with Gasteiger partial charge in [0.25, 0.3) is 15.9 Å². The topological polar surface area (TPSA) is 111 Å². The maximum atomic E-state index is 12.4. The summed E-state index contributed by atoms with van der Waals surface area (Å²) in [5, 5.41) is 19.2. The first kappa shape index (κ1) is 18.1. The standard InChI is InChI=1S/C14H19N5O4S/c1-16(8-2-7-15)24(22,23)18-11-9-17(10-12-18)13-3-5-14(6-4-13)19(20)21/h3-6H,2,8-12H2,1H3. The van der Waals surface area contributed by atoms with Crippen LogP contribution < -0.4 is 4.90 Å². The Morgan fingerprint density at radius 1 is 1.25 bits per heavy atom. The lowest BCUT2D eigenvalue weighted by Crippen LogP contribution is -2.52. The number of hydrogen-bond acceptors (Lipinski definition) is 6. The molecule has 0 atom stereocenters. The zero-order chi connectivity index (χ0) is 17.7. The lowest BCUT2D eigenvalue weighted by molar-refractivity contribution is -0.384. The average molecular weight is 353 g/mol. The van der Waals surface area contributed by atoms with Gasteiger partial charge >= 0.3 is 0 Å². The minimum Gasteiger partial charge on any atom is -0.369 e. The molecule has 1 aliphatic rings. The molecule has 9 nitrogen and oxygen atoms in total. The lowest BCUT2D eigenvalue weighted by atomic mass is 10.2. The van der Waals surface area contributed by atoms with E-state index in [0.717, 1.165) is 5.69 Å². The molecule has 0 N–H and O–H groups in total. The number of nitrogens with zero attached hydrogens (tertiary/aromatic N) is 5. The molecule has 2 rings (SSSR count). The van der Waals surface area contributed by atoms with Crippen LogP contribution in [0.25, 0.3) is 0 Å². The number of non-ortho nitro benzene ring substituents is 1. The molecule has 0 aliphatic carbocycles. The van der Waals surface area contributed by atoms with Crippen molar-refractivity contribution in [3.05, 3.63) is 34.4 Å². The fraction of sp³-hybridized carbons (Fsp3) is 0.500. The summed E-state index contributed by atoms with van der Waals surface area (Å²) in [6, 6.07) is 8.15. The summed E-state index contributed by atoms with van der Waals surface area (Å²) in [7, 11) is -2.09. The number of piperazine rings is 1. The number of rotatable bonds is 6. The molecule has 10 heteroatoms. The monoisotopic (exact) mass is 353 g/mol. The van der Waals surface area contributed by atoms with Crippen LogP contribution in [0, 0.1) is 21.4 Å². The van der Waals surface area contributed by atoms with Crippen molar-refractivity contribution in [1.82, 2.24) is 8.61 Å². The zero-order valence-electron chi connectivity index (χ0n) is 13.3. The Morgan fingerprint density at radius 3 is 2.33 bits per heavy atom. The number of nitro benzene ring substituents is 1. The van der Waals surface area contributed by atoms with Crippen molar-refractivity contribution in [2.75, 3.05) is 44.7 Å². The Hall–Kier alpha value is -2.22. The van der Waals surface area contributed by atoms with E-state index in [0.29, 0.717) is 26.2 Å². The lowest BCUT2D eigenvalue weighted by Gasteiger charge is -2.36. The molecule has 0 amide bonds. The van der Waals surface area contributed by atoms with Crippen LogP contribution in [0.1, 0.15) is 6.42 Å². The van der Waals surface area contributed by atoms with Crippen molar-refractivity contribution in [3.8, 4) is 6.07 Å². The fourth-order valence-electron chi connectivity index (χ4n) is 2.48. The largest absolute Gasteiger partial charge is 0.369 e. The van der Waals surface area contributed by atoms with Gasteiger partial charge in [-0.2, -0.15) is 22.3 Å². The molecule has 1 aromatic carbocycles. The number of anilines is 1. The first-order chi connectivity index (χ1) is 11.4. The summed E-state index contributed by atoms with van der Waals surface area (Å²) in [6.07, 6.45) is 0.151. The minimum atomic E-state index is -3.56. The Kier molecular flexibility index (Phi) is 5.71. The van der Waals surface area contributed by atoms with Crippen LogP contribution in [0.5, 0.6) is 0 Å². The molecule has 1 saturated heterocycles. The second-order valence-corrected chi connectivity index (χ2v) is 7.43. The van der Waals surface area contributed by atoms with E-state index < -0.39 is 15.1 Å². The second kappa shape index (κ2) is 7.57. The highest BCUT2D eigenvalue weighted by molar-refractivity contribution is 7.86. The van der Waals surface area contributed by atoms with Crippen LogP contribution in [0.2, 0.25) is 0 Å². The van der Waals surface area contributed by atoms with Crippen molar-refractivity contribution in [1.29, 1.82) is 5.26 Å². The van der Waals surface area contributed by atoms with Crippen LogP contribution in [0.4, 0.5) is 11.4 Å². The third kappa shape index (κ3) is 4.00. The van der Waals surface area contributed by atoms with Gasteiger partial charge in [-0.1, -0.05) is 0 Å². The molecular formula is C14H19N5O4S. The van der Waals surface area contributed by atoms with E-state index in [2.05, 4.69) is 0 Å². The molecule has 0 radical (unpaired) electrons. The van der Waals surface area contributed by atoms with Crippen LogP contribution in [0.3, 0.4) is 0 Å². The summed E-state index contributed by atoms with van der Waals surface area (Å²) >= 11 is 0. The Bertz CT molecular complexity index is 721. The van der Waals surface area contributed by atoms with Crippen molar-refractivity contribution in [2.24, 2.45) is 0 Å². The number of benzene rings is 1. The van der Waals surface area contributed by atoms with Crippen molar-refractivity contribution in [2.45, 2.75) is 6.42 Å². The van der Waals surface area contributed by atoms with Gasteiger partial charge in [0, 0.05) is 64.0 Å². The Balaban J connectivity index is 1.98. The van der Waals surface area contributed by atoms with E-state index in [4.69, 9.17) is 5.26 Å². The fourth-order valence-corrected chi connectivity index (χ4v) is 3.82. The molecule has 130 valence electrons. The van der Waals surface area contributed by atoms with Crippen molar-refractivity contribution in [3.63, 3.8) is 0 Å². The molecule has 0 aromatic heterocycles. The normalized spacial score (nSPS) is 16.1. The predicted octanol–water partition coefficient (Wildman–Crippen LogP) is 0.807. The molecule has 0 spiro atoms. The highest BCUT2D eigenvalue weighted by atomic mass is 32.2. The summed E-state index contributed by atoms with van der Waals surface area (Å²) in [4.78, 5) is 12.2. The number of nitro groups is 1. The summed E-state index contributed by atoms with van der Waals surface area (Å²) in [5.41, 5.74) is 0.856. The molecule has 0 unspecified atom stereocenters. The summed E-state index contributed by atoms with van der Waals surface area (Å²) in [5.74, 6) is 0. The molecule has 1 heterocycles. The minimum absolute atomic E-state index is 0.0269. The summed E-state index contributed by atoms with van der Waals surface area (Å²) < 4.78 is 27.4. The van der Waals surface area contributed by atoms with Gasteiger partial charge in [-0.05, 0) is 12.1 Å². The Labute approximate surface area is 141 Å². The first-order valence-electron chi connectivity index (χ1n) is 7.44. The van der Waals surface area contributed by atoms with Crippen molar-refractivity contribution < 1.29 is 13.3 Å². The maximum Gasteiger partial charge on any atom is 0.281 e. The van der Waals surface area contributed by atoms with Crippen LogP contribution >= 0.6 is 0 Å². The van der Waals surface area contributed by atoms with E-state index >= 15 is 0 Å². The van der Waals surface area contributed by atoms with Gasteiger partial charge < -0.3 is 4.90 Å². The zero-order valence-corrected chi connectivity index (χ0v) is 14.1. The van der Waals surface area contributed by atoms with Gasteiger partial charge in [-0.25, -0.2) is 0 Å². The first-order valence-corrected chi connectivity index (χ1v) is 8.83. The maximum absolute atomic E-state index is 12.4. The third-order valence-corrected chi connectivity index (χ3v) is 5.91. The molecule has 1 aromatic rings. The molecule has 1 fully saturated rings. The average Bonchev–Trinajstić information content (AvgIpc) is 2.59. The van der Waals surface area contributed by atoms with E-state index in [1.807, 2.05) is 11.0 Å². The van der Waals surface area contributed by atoms with Gasteiger partial charge in [0.1, 0.15) is 0 Å². The molecule has 0 saturated carbocycles. The Morgan fingerprint density at radius 2 is 1.83 bits per heavy atom. The highest BCUT2D eigenvalue weighted by Crippen LogP contribution is 2.21. The highest BCUT2D eigenvalue weighted by Gasteiger charge is 2.30. The van der Waals surface area contributed by atoms with Gasteiger partial charge in [0.15, 0.2) is 0 Å². The van der Waals surface area contributed by atoms with Crippen LogP contribution in [-0.4, -0.2) is 61.7 Å². The van der Waals surface area contributed by atoms with Gasteiger partial charge in [-0.15, -0.1) is 0 Å². The van der Waals surface area contributed by atoms with E-state index in [1.165, 1.54) is 27.8 Å². The third-order valence-electron chi connectivity index (χ3n) is 3.92. The predicted molar refractivity (Wildman–Crippen MR) is 88.7 cm³/mol. The van der Waals surface area contributed by atoms with Crippen LogP contribution in [-0.2, 0) is 10.2 Å². The van der Waals surface area contributed by atoms with E-state index in [-0.39, 0.29) is 18.7 Å². The molecule has 0 bridgehead atoms. The number of nitriles is 1. The second-order valence-electron chi connectivity index (χ2n) is 5.40. The van der Waals surface area contributed by atoms with Gasteiger partial charge in [-0.3, -0.25) is 10.1 Å². The molecular weight excluding hydrogens is 334 g/mol. The summed E-state index contributed by atoms with van der Waals surface area (Å²) in [6.45, 7) is 1.83. The molecule has 24 heavy (non-hydrogen) atoms. The quantitative estimate of drug-likeness (QED) is 0.553. The van der Waals surface area contributed by atoms with E-state index in [9.17, 15) is 18.5 Å². The SMILES string of the molecule is CN(CCC#N)S(=O)(=O)N1CCN(c2ccc([N+](=O)[O-])cc2)CC1.